The van der Waals surface area contributed by atoms with E-state index in [9.17, 15) is 8.42 Å². The zero-order valence-electron chi connectivity index (χ0n) is 7.37. The monoisotopic (exact) mass is 190 g/mol. The van der Waals surface area contributed by atoms with Gasteiger partial charge in [0.1, 0.15) is 0 Å². The summed E-state index contributed by atoms with van der Waals surface area (Å²) in [5.41, 5.74) is 1.12. The second kappa shape index (κ2) is 3.45. The van der Waals surface area contributed by atoms with Crippen molar-refractivity contribution in [1.82, 2.24) is 9.62 Å². The van der Waals surface area contributed by atoms with Crippen molar-refractivity contribution >= 4 is 10.0 Å². The summed E-state index contributed by atoms with van der Waals surface area (Å²) in [6.45, 7) is 1.08. The molecule has 0 saturated carbocycles. The average Bonchev–Trinajstić information content (AvgIpc) is 2.03. The maximum atomic E-state index is 11.1. The normalized spacial score (nSPS) is 20.3. The van der Waals surface area contributed by atoms with E-state index in [4.69, 9.17) is 0 Å². The molecule has 1 aliphatic rings. The molecule has 0 fully saturated rings. The summed E-state index contributed by atoms with van der Waals surface area (Å²) in [7, 11) is -1.15. The summed E-state index contributed by atoms with van der Waals surface area (Å²) in [6, 6.07) is 0. The molecule has 12 heavy (non-hydrogen) atoms. The molecule has 4 nitrogen and oxygen atoms in total. The first-order valence-electron chi connectivity index (χ1n) is 3.86. The second-order valence-electron chi connectivity index (χ2n) is 2.85. The van der Waals surface area contributed by atoms with Crippen LogP contribution in [0.2, 0.25) is 0 Å². The number of rotatable bonds is 2. The van der Waals surface area contributed by atoms with Gasteiger partial charge in [0.2, 0.25) is 10.0 Å². The summed E-state index contributed by atoms with van der Waals surface area (Å²) in [5.74, 6) is 0. The molecular formula is C7H14N2O2S. The van der Waals surface area contributed by atoms with E-state index in [0.29, 0.717) is 13.1 Å². The van der Waals surface area contributed by atoms with Crippen molar-refractivity contribution in [2.75, 3.05) is 26.4 Å². The Hall–Kier alpha value is -0.550. The van der Waals surface area contributed by atoms with Crippen LogP contribution in [0.3, 0.4) is 0 Å². The maximum Gasteiger partial charge on any atom is 0.211 e. The molecule has 5 heteroatoms. The van der Waals surface area contributed by atoms with Crippen LogP contribution < -0.4 is 5.32 Å². The van der Waals surface area contributed by atoms with E-state index < -0.39 is 10.0 Å². The smallest absolute Gasteiger partial charge is 0.211 e. The molecule has 0 spiro atoms. The lowest BCUT2D eigenvalue weighted by Gasteiger charge is -2.23. The largest absolute Gasteiger partial charge is 0.392 e. The van der Waals surface area contributed by atoms with Crippen LogP contribution in [-0.4, -0.2) is 39.1 Å². The van der Waals surface area contributed by atoms with Gasteiger partial charge in [-0.3, -0.25) is 0 Å². The third kappa shape index (κ3) is 2.22. The lowest BCUT2D eigenvalue weighted by atomic mass is 10.2. The van der Waals surface area contributed by atoms with E-state index >= 15 is 0 Å². The minimum absolute atomic E-state index is 0.495. The Kier molecular flexibility index (Phi) is 2.74. The Morgan fingerprint density at radius 2 is 2.25 bits per heavy atom. The molecule has 1 rings (SSSR count). The fraction of sp³-hybridized carbons (Fsp3) is 0.714. The maximum absolute atomic E-state index is 11.1. The lowest BCUT2D eigenvalue weighted by molar-refractivity contribution is 0.430. The highest BCUT2D eigenvalue weighted by molar-refractivity contribution is 7.88. The third-order valence-corrected chi connectivity index (χ3v) is 3.23. The Balaban J connectivity index is 2.64. The standard InChI is InChI=1S/C7H14N2O2S/c1-8-7-3-5-9(6-4-7)12(2,10)11/h3,8H,4-6H2,1-2H3. The van der Waals surface area contributed by atoms with E-state index in [1.54, 1.807) is 0 Å². The van der Waals surface area contributed by atoms with Crippen molar-refractivity contribution in [3.8, 4) is 0 Å². The van der Waals surface area contributed by atoms with Crippen LogP contribution in [0.4, 0.5) is 0 Å². The van der Waals surface area contributed by atoms with E-state index in [2.05, 4.69) is 5.32 Å². The van der Waals surface area contributed by atoms with Crippen LogP contribution in [0.1, 0.15) is 6.42 Å². The Labute approximate surface area is 73.3 Å². The van der Waals surface area contributed by atoms with Gasteiger partial charge in [0.25, 0.3) is 0 Å². The number of nitrogens with zero attached hydrogens (tertiary/aromatic N) is 1. The van der Waals surface area contributed by atoms with Crippen LogP contribution in [0, 0.1) is 0 Å². The molecule has 0 aromatic carbocycles. The molecule has 1 heterocycles. The van der Waals surface area contributed by atoms with Gasteiger partial charge in [-0.15, -0.1) is 0 Å². The molecule has 0 radical (unpaired) electrons. The van der Waals surface area contributed by atoms with Crippen molar-refractivity contribution in [2.24, 2.45) is 0 Å². The zero-order chi connectivity index (χ0) is 9.19. The van der Waals surface area contributed by atoms with E-state index in [0.717, 1.165) is 12.1 Å². The molecule has 0 unspecified atom stereocenters. The zero-order valence-corrected chi connectivity index (χ0v) is 8.19. The molecule has 0 aromatic rings. The Bertz CT molecular complexity index is 282. The van der Waals surface area contributed by atoms with Gasteiger partial charge in [-0.25, -0.2) is 8.42 Å². The number of hydrogen-bond donors (Lipinski definition) is 1. The van der Waals surface area contributed by atoms with E-state index in [1.807, 2.05) is 13.1 Å². The first-order chi connectivity index (χ1) is 5.54. The van der Waals surface area contributed by atoms with Crippen LogP contribution >= 0.6 is 0 Å². The predicted octanol–water partition coefficient (Wildman–Crippen LogP) is -0.245. The average molecular weight is 190 g/mol. The molecule has 0 aromatic heterocycles. The van der Waals surface area contributed by atoms with E-state index in [1.165, 1.54) is 10.6 Å². The summed E-state index contributed by atoms with van der Waals surface area (Å²) in [6.07, 6.45) is 3.93. The first-order valence-corrected chi connectivity index (χ1v) is 5.71. The van der Waals surface area contributed by atoms with Gasteiger partial charge in [-0.2, -0.15) is 4.31 Å². The molecule has 0 amide bonds. The molecule has 1 N–H and O–H groups in total. The van der Waals surface area contributed by atoms with Gasteiger partial charge in [0, 0.05) is 32.3 Å². The SMILES string of the molecule is CNC1=CCN(S(C)(=O)=O)CC1. The van der Waals surface area contributed by atoms with Crippen LogP contribution in [0.5, 0.6) is 0 Å². The third-order valence-electron chi connectivity index (χ3n) is 1.96. The molecule has 0 aliphatic carbocycles. The molecule has 0 saturated heterocycles. The predicted molar refractivity (Wildman–Crippen MR) is 48.2 cm³/mol. The second-order valence-corrected chi connectivity index (χ2v) is 4.83. The lowest BCUT2D eigenvalue weighted by Crippen LogP contribution is -2.35. The van der Waals surface area contributed by atoms with Crippen LogP contribution in [0.25, 0.3) is 0 Å². The molecule has 0 bridgehead atoms. The van der Waals surface area contributed by atoms with Gasteiger partial charge in [0.15, 0.2) is 0 Å². The topological polar surface area (TPSA) is 49.4 Å². The van der Waals surface area contributed by atoms with Gasteiger partial charge in [-0.05, 0) is 0 Å². The highest BCUT2D eigenvalue weighted by Gasteiger charge is 2.18. The number of sulfonamides is 1. The fourth-order valence-electron chi connectivity index (χ4n) is 1.18. The highest BCUT2D eigenvalue weighted by atomic mass is 32.2. The van der Waals surface area contributed by atoms with Gasteiger partial charge >= 0.3 is 0 Å². The van der Waals surface area contributed by atoms with E-state index in [-0.39, 0.29) is 0 Å². The van der Waals surface area contributed by atoms with Crippen LogP contribution in [0.15, 0.2) is 11.8 Å². The van der Waals surface area contributed by atoms with Crippen molar-refractivity contribution in [2.45, 2.75) is 6.42 Å². The summed E-state index contributed by atoms with van der Waals surface area (Å²) in [4.78, 5) is 0. The number of nitrogens with one attached hydrogen (secondary N) is 1. The minimum Gasteiger partial charge on any atom is -0.392 e. The fourth-order valence-corrected chi connectivity index (χ4v) is 1.95. The van der Waals surface area contributed by atoms with Crippen LogP contribution in [-0.2, 0) is 10.0 Å². The Morgan fingerprint density at radius 3 is 2.58 bits per heavy atom. The minimum atomic E-state index is -3.00. The molecule has 0 atom stereocenters. The first kappa shape index (κ1) is 9.54. The van der Waals surface area contributed by atoms with Crippen molar-refractivity contribution in [3.05, 3.63) is 11.8 Å². The van der Waals surface area contributed by atoms with Crippen molar-refractivity contribution in [3.63, 3.8) is 0 Å². The summed E-state index contributed by atoms with van der Waals surface area (Å²) in [5, 5.41) is 3.02. The number of hydrogen-bond acceptors (Lipinski definition) is 3. The quantitative estimate of drug-likeness (QED) is 0.653. The highest BCUT2D eigenvalue weighted by Crippen LogP contribution is 2.10. The van der Waals surface area contributed by atoms with Gasteiger partial charge in [0.05, 0.1) is 6.26 Å². The van der Waals surface area contributed by atoms with Crippen molar-refractivity contribution in [1.29, 1.82) is 0 Å². The summed E-state index contributed by atoms with van der Waals surface area (Å²) < 4.78 is 23.6. The van der Waals surface area contributed by atoms with Crippen molar-refractivity contribution < 1.29 is 8.42 Å². The molecule has 1 aliphatic heterocycles. The molecular weight excluding hydrogens is 176 g/mol. The van der Waals surface area contributed by atoms with Gasteiger partial charge in [-0.1, -0.05) is 6.08 Å². The Morgan fingerprint density at radius 1 is 1.58 bits per heavy atom. The van der Waals surface area contributed by atoms with Gasteiger partial charge < -0.3 is 5.32 Å². The molecule has 70 valence electrons. The summed E-state index contributed by atoms with van der Waals surface area (Å²) >= 11 is 0.